The second-order valence-electron chi connectivity index (χ2n) is 6.75. The molecule has 5 N–H and O–H groups in total. The largest absolute Gasteiger partial charge is 0.479 e. The first kappa shape index (κ1) is 19.4. The quantitative estimate of drug-likeness (QED) is 0.605. The lowest BCUT2D eigenvalue weighted by Gasteiger charge is -2.21. The Balaban J connectivity index is 2.11. The molecule has 3 rings (SSSR count). The van der Waals surface area contributed by atoms with Gasteiger partial charge in [0.05, 0.1) is 24.6 Å². The number of aromatic nitrogens is 5. The van der Waals surface area contributed by atoms with Crippen LogP contribution in [0, 0.1) is 12.7 Å². The highest BCUT2D eigenvalue weighted by Crippen LogP contribution is 2.31. The molecular weight excluding hydrogens is 363 g/mol. The molecule has 28 heavy (non-hydrogen) atoms. The summed E-state index contributed by atoms with van der Waals surface area (Å²) in [5.74, 6) is 0.567. The van der Waals surface area contributed by atoms with Gasteiger partial charge in [-0.3, -0.25) is 0 Å². The van der Waals surface area contributed by atoms with Gasteiger partial charge in [0.1, 0.15) is 11.6 Å². The van der Waals surface area contributed by atoms with Gasteiger partial charge in [-0.1, -0.05) is 0 Å². The molecule has 3 aromatic heterocycles. The van der Waals surface area contributed by atoms with Crippen LogP contribution in [0.1, 0.15) is 25.2 Å². The molecule has 3 heterocycles. The summed E-state index contributed by atoms with van der Waals surface area (Å²) >= 11 is 0. The van der Waals surface area contributed by atoms with Gasteiger partial charge in [-0.05, 0) is 32.4 Å². The highest BCUT2D eigenvalue weighted by Gasteiger charge is 2.20. The molecule has 0 spiro atoms. The number of anilines is 3. The van der Waals surface area contributed by atoms with Crippen molar-refractivity contribution < 1.29 is 9.13 Å². The number of nitrogens with one attached hydrogen (secondary N) is 1. The second kappa shape index (κ2) is 7.31. The van der Waals surface area contributed by atoms with Crippen molar-refractivity contribution in [3.63, 3.8) is 0 Å². The predicted octanol–water partition coefficient (Wildman–Crippen LogP) is 2.30. The Morgan fingerprint density at radius 1 is 1.11 bits per heavy atom. The Labute approximate surface area is 161 Å². The van der Waals surface area contributed by atoms with Crippen molar-refractivity contribution in [3.8, 4) is 17.3 Å². The first-order valence-electron chi connectivity index (χ1n) is 8.42. The lowest BCUT2D eigenvalue weighted by Crippen LogP contribution is -2.29. The topological polar surface area (TPSA) is 138 Å². The van der Waals surface area contributed by atoms with E-state index in [4.69, 9.17) is 16.2 Å². The fourth-order valence-electron chi connectivity index (χ4n) is 2.49. The number of rotatable bonds is 5. The molecule has 0 radical (unpaired) electrons. The summed E-state index contributed by atoms with van der Waals surface area (Å²) in [5.41, 5.74) is 13.0. The molecule has 0 amide bonds. The lowest BCUT2D eigenvalue weighted by molar-refractivity contribution is 0.369. The van der Waals surface area contributed by atoms with E-state index in [1.165, 1.54) is 19.4 Å². The molecule has 0 aliphatic carbocycles. The third-order valence-corrected chi connectivity index (χ3v) is 3.90. The minimum Gasteiger partial charge on any atom is -0.479 e. The first-order chi connectivity index (χ1) is 13.2. The smallest absolute Gasteiger partial charge is 0.250 e. The molecule has 0 aromatic carbocycles. The molecule has 0 bridgehead atoms. The van der Waals surface area contributed by atoms with Crippen molar-refractivity contribution in [2.75, 3.05) is 18.2 Å². The van der Waals surface area contributed by atoms with Crippen LogP contribution in [-0.2, 0) is 5.54 Å². The van der Waals surface area contributed by atoms with Gasteiger partial charge in [0.25, 0.3) is 0 Å². The first-order valence-corrected chi connectivity index (χ1v) is 8.42. The summed E-state index contributed by atoms with van der Waals surface area (Å²) in [5, 5.41) is 3.03. The zero-order valence-corrected chi connectivity index (χ0v) is 16.0. The number of nitrogens with zero attached hydrogens (tertiary/aromatic N) is 5. The maximum atomic E-state index is 14.0. The zero-order valence-electron chi connectivity index (χ0n) is 16.0. The third-order valence-electron chi connectivity index (χ3n) is 3.90. The number of hydrogen-bond donors (Lipinski definition) is 3. The Morgan fingerprint density at radius 2 is 1.86 bits per heavy atom. The minimum atomic E-state index is -0.637. The second-order valence-corrected chi connectivity index (χ2v) is 6.75. The summed E-state index contributed by atoms with van der Waals surface area (Å²) in [6.07, 6.45) is 3.07. The van der Waals surface area contributed by atoms with E-state index >= 15 is 0 Å². The molecule has 0 fully saturated rings. The Hall–Kier alpha value is -3.40. The number of halogens is 1. The van der Waals surface area contributed by atoms with Gasteiger partial charge in [0, 0.05) is 17.8 Å². The van der Waals surface area contributed by atoms with Crippen LogP contribution < -0.4 is 21.5 Å². The highest BCUT2D eigenvalue weighted by molar-refractivity contribution is 5.75. The minimum absolute atomic E-state index is 0.0861. The number of pyridine rings is 2. The van der Waals surface area contributed by atoms with Crippen LogP contribution in [0.3, 0.4) is 0 Å². The van der Waals surface area contributed by atoms with E-state index in [9.17, 15) is 4.39 Å². The molecule has 0 aliphatic heterocycles. The van der Waals surface area contributed by atoms with Gasteiger partial charge in [-0.25, -0.2) is 19.3 Å². The fourth-order valence-corrected chi connectivity index (χ4v) is 2.49. The Morgan fingerprint density at radius 3 is 2.46 bits per heavy atom. The normalized spacial score (nSPS) is 11.4. The van der Waals surface area contributed by atoms with Crippen LogP contribution >= 0.6 is 0 Å². The Bertz CT molecular complexity index is 999. The summed E-state index contributed by atoms with van der Waals surface area (Å²) in [7, 11) is 1.35. The summed E-state index contributed by atoms with van der Waals surface area (Å²) < 4.78 is 18.8. The van der Waals surface area contributed by atoms with Crippen molar-refractivity contribution in [1.29, 1.82) is 0 Å². The number of ether oxygens (including phenoxy) is 1. The average molecular weight is 384 g/mol. The molecule has 146 valence electrons. The number of nitrogen functional groups attached to an aromatic ring is 1. The Kier molecular flexibility index (Phi) is 5.06. The molecule has 10 heteroatoms. The van der Waals surface area contributed by atoms with Crippen molar-refractivity contribution in [1.82, 2.24) is 24.9 Å². The van der Waals surface area contributed by atoms with E-state index in [0.29, 0.717) is 28.7 Å². The van der Waals surface area contributed by atoms with E-state index in [-0.39, 0.29) is 11.8 Å². The summed E-state index contributed by atoms with van der Waals surface area (Å²) in [6, 6.07) is 3.07. The van der Waals surface area contributed by atoms with Gasteiger partial charge in [0.15, 0.2) is 11.6 Å². The molecular formula is C18H21FN8O. The molecule has 0 unspecified atom stereocenters. The number of methoxy groups -OCH3 is 1. The molecule has 3 aromatic rings. The van der Waals surface area contributed by atoms with Gasteiger partial charge in [-0.2, -0.15) is 9.97 Å². The number of hydrogen-bond acceptors (Lipinski definition) is 9. The number of nitrogens with two attached hydrogens (primary N) is 2. The van der Waals surface area contributed by atoms with Crippen molar-refractivity contribution in [2.24, 2.45) is 5.73 Å². The summed E-state index contributed by atoms with van der Waals surface area (Å²) in [6.45, 7) is 5.43. The van der Waals surface area contributed by atoms with E-state index in [2.05, 4.69) is 30.2 Å². The standard InChI is InChI=1S/C18H21FN8O/c1-9-24-15(27-17(20)25-9)12-5-10(18(2,3)21)7-22-14(12)26-11-6-13(19)16(28-4)23-8-11/h5-8H,21H2,1-4H3,(H,22,26)(H2,20,24,25,27). The maximum Gasteiger partial charge on any atom is 0.250 e. The fraction of sp³-hybridized carbons (Fsp3) is 0.278. The van der Waals surface area contributed by atoms with Gasteiger partial charge >= 0.3 is 0 Å². The van der Waals surface area contributed by atoms with Crippen LogP contribution in [0.15, 0.2) is 24.5 Å². The lowest BCUT2D eigenvalue weighted by atomic mass is 9.96. The van der Waals surface area contributed by atoms with Gasteiger partial charge in [-0.15, -0.1) is 0 Å². The number of aryl methyl sites for hydroxylation is 1. The third kappa shape index (κ3) is 4.12. The zero-order chi connectivity index (χ0) is 20.5. The molecule has 9 nitrogen and oxygen atoms in total. The predicted molar refractivity (Wildman–Crippen MR) is 103 cm³/mol. The van der Waals surface area contributed by atoms with E-state index < -0.39 is 11.4 Å². The monoisotopic (exact) mass is 384 g/mol. The van der Waals surface area contributed by atoms with Gasteiger partial charge in [0.2, 0.25) is 11.8 Å². The molecule has 0 saturated carbocycles. The summed E-state index contributed by atoms with van der Waals surface area (Å²) in [4.78, 5) is 20.9. The van der Waals surface area contributed by atoms with Crippen LogP contribution in [0.5, 0.6) is 5.88 Å². The highest BCUT2D eigenvalue weighted by atomic mass is 19.1. The SMILES string of the molecule is COc1ncc(Nc2ncc(C(C)(C)N)cc2-c2nc(C)nc(N)n2)cc1F. The molecule has 0 saturated heterocycles. The van der Waals surface area contributed by atoms with Crippen molar-refractivity contribution >= 4 is 17.5 Å². The van der Waals surface area contributed by atoms with Crippen LogP contribution in [0.4, 0.5) is 21.8 Å². The van der Waals surface area contributed by atoms with Gasteiger partial charge < -0.3 is 21.5 Å². The maximum absolute atomic E-state index is 14.0. The molecule has 0 aliphatic rings. The van der Waals surface area contributed by atoms with Crippen molar-refractivity contribution in [3.05, 3.63) is 41.7 Å². The molecule has 0 atom stereocenters. The van der Waals surface area contributed by atoms with Crippen LogP contribution in [0.2, 0.25) is 0 Å². The van der Waals surface area contributed by atoms with Crippen molar-refractivity contribution in [2.45, 2.75) is 26.3 Å². The van der Waals surface area contributed by atoms with E-state index in [1.54, 1.807) is 13.1 Å². The van der Waals surface area contributed by atoms with Crippen LogP contribution in [-0.4, -0.2) is 32.0 Å². The van der Waals surface area contributed by atoms with Crippen LogP contribution in [0.25, 0.3) is 11.4 Å². The average Bonchev–Trinajstić information content (AvgIpc) is 2.60. The van der Waals surface area contributed by atoms with E-state index in [1.807, 2.05) is 19.9 Å². The van der Waals surface area contributed by atoms with E-state index in [0.717, 1.165) is 5.56 Å².